The van der Waals surface area contributed by atoms with E-state index in [1.165, 1.54) is 0 Å². The summed E-state index contributed by atoms with van der Waals surface area (Å²) in [5, 5.41) is 4.37. The maximum Gasteiger partial charge on any atom is 0.257 e. The Morgan fingerprint density at radius 2 is 1.96 bits per heavy atom. The highest BCUT2D eigenvalue weighted by Crippen LogP contribution is 2.25. The van der Waals surface area contributed by atoms with Gasteiger partial charge in [0.2, 0.25) is 5.88 Å². The lowest BCUT2D eigenvalue weighted by molar-refractivity contribution is 0.0156. The van der Waals surface area contributed by atoms with Gasteiger partial charge in [-0.1, -0.05) is 18.2 Å². The Hall–Kier alpha value is -2.67. The number of rotatable bonds is 4. The molecule has 132 valence electrons. The molecule has 0 bridgehead atoms. The van der Waals surface area contributed by atoms with Crippen LogP contribution in [-0.2, 0) is 0 Å². The lowest BCUT2D eigenvalue weighted by atomic mass is 10.1. The number of aromatic nitrogens is 3. The van der Waals surface area contributed by atoms with Gasteiger partial charge in [0, 0.05) is 6.20 Å². The van der Waals surface area contributed by atoms with Crippen molar-refractivity contribution in [2.75, 3.05) is 13.1 Å². The van der Waals surface area contributed by atoms with Crippen LogP contribution in [0.25, 0.3) is 5.69 Å². The topological polar surface area (TPSA) is 60.3 Å². The number of ether oxygens (including phenoxy) is 1. The highest BCUT2D eigenvalue weighted by Gasteiger charge is 2.34. The highest BCUT2D eigenvalue weighted by molar-refractivity contribution is 9.10. The Balaban J connectivity index is 1.42. The molecule has 3 aromatic rings. The summed E-state index contributed by atoms with van der Waals surface area (Å²) in [5.74, 6) is 0.530. The summed E-state index contributed by atoms with van der Waals surface area (Å²) >= 11 is 3.41. The van der Waals surface area contributed by atoms with Gasteiger partial charge in [0.25, 0.3) is 5.91 Å². The van der Waals surface area contributed by atoms with Gasteiger partial charge >= 0.3 is 0 Å². The summed E-state index contributed by atoms with van der Waals surface area (Å²) in [6, 6.07) is 13.5. The summed E-state index contributed by atoms with van der Waals surface area (Å²) in [7, 11) is 0. The summed E-state index contributed by atoms with van der Waals surface area (Å²) < 4.78 is 8.42. The van der Waals surface area contributed by atoms with Crippen LogP contribution in [0.5, 0.6) is 5.88 Å². The Morgan fingerprint density at radius 3 is 2.69 bits per heavy atom. The van der Waals surface area contributed by atoms with Gasteiger partial charge in [-0.2, -0.15) is 5.10 Å². The Labute approximate surface area is 159 Å². The largest absolute Gasteiger partial charge is 0.470 e. The summed E-state index contributed by atoms with van der Waals surface area (Å²) in [6.45, 7) is 2.99. The van der Waals surface area contributed by atoms with Crippen LogP contribution >= 0.6 is 15.9 Å². The van der Waals surface area contributed by atoms with E-state index in [9.17, 15) is 4.79 Å². The van der Waals surface area contributed by atoms with Gasteiger partial charge in [-0.15, -0.1) is 0 Å². The van der Waals surface area contributed by atoms with Gasteiger partial charge in [0.15, 0.2) is 0 Å². The van der Waals surface area contributed by atoms with Crippen molar-refractivity contribution >= 4 is 21.8 Å². The SMILES string of the molecule is Cc1c(C(=O)N2CC(Oc3ncccc3Br)C2)cnn1-c1ccccc1. The van der Waals surface area contributed by atoms with E-state index >= 15 is 0 Å². The molecule has 0 radical (unpaired) electrons. The Kier molecular flexibility index (Phi) is 4.46. The molecule has 0 aliphatic carbocycles. The number of hydrogen-bond donors (Lipinski definition) is 0. The molecule has 3 heterocycles. The molecule has 1 fully saturated rings. The van der Waals surface area contributed by atoms with Crippen LogP contribution in [0, 0.1) is 6.92 Å². The summed E-state index contributed by atoms with van der Waals surface area (Å²) in [4.78, 5) is 18.7. The lowest BCUT2D eigenvalue weighted by Crippen LogP contribution is -2.56. The average Bonchev–Trinajstić information content (AvgIpc) is 3.01. The predicted octanol–water partition coefficient (Wildman–Crippen LogP) is 3.24. The number of amides is 1. The van der Waals surface area contributed by atoms with Crippen molar-refractivity contribution in [3.8, 4) is 11.6 Å². The van der Waals surface area contributed by atoms with E-state index < -0.39 is 0 Å². The minimum atomic E-state index is -0.0466. The normalized spacial score (nSPS) is 14.2. The van der Waals surface area contributed by atoms with Gasteiger partial charge in [0.05, 0.1) is 40.7 Å². The molecule has 2 aromatic heterocycles. The number of likely N-dealkylation sites (tertiary alicyclic amines) is 1. The zero-order chi connectivity index (χ0) is 18.1. The van der Waals surface area contributed by atoms with Crippen molar-refractivity contribution in [1.29, 1.82) is 0 Å². The third kappa shape index (κ3) is 3.10. The standard InChI is InChI=1S/C19H17BrN4O2/c1-13-16(10-22-24(13)14-6-3-2-4-7-14)19(25)23-11-15(12-23)26-18-17(20)8-5-9-21-18/h2-10,15H,11-12H2,1H3. The molecular formula is C19H17BrN4O2. The molecule has 1 aliphatic rings. The second kappa shape index (κ2) is 6.92. The van der Waals surface area contributed by atoms with E-state index in [0.717, 1.165) is 15.9 Å². The molecule has 1 aliphatic heterocycles. The van der Waals surface area contributed by atoms with Crippen LogP contribution in [0.2, 0.25) is 0 Å². The van der Waals surface area contributed by atoms with Gasteiger partial charge in [0.1, 0.15) is 6.10 Å². The van der Waals surface area contributed by atoms with Gasteiger partial charge in [-0.05, 0) is 47.1 Å². The van der Waals surface area contributed by atoms with Crippen molar-refractivity contribution < 1.29 is 9.53 Å². The first-order chi connectivity index (χ1) is 12.6. The van der Waals surface area contributed by atoms with Crippen LogP contribution in [-0.4, -0.2) is 44.8 Å². The molecule has 0 unspecified atom stereocenters. The first-order valence-electron chi connectivity index (χ1n) is 8.30. The molecule has 1 amide bonds. The maximum atomic E-state index is 12.7. The molecule has 6 nitrogen and oxygen atoms in total. The fourth-order valence-corrected chi connectivity index (χ4v) is 3.26. The number of carbonyl (C=O) groups is 1. The molecule has 1 aromatic carbocycles. The second-order valence-electron chi connectivity index (χ2n) is 6.13. The van der Waals surface area contributed by atoms with Crippen LogP contribution in [0.4, 0.5) is 0 Å². The molecular weight excluding hydrogens is 396 g/mol. The first-order valence-corrected chi connectivity index (χ1v) is 9.09. The summed E-state index contributed by atoms with van der Waals surface area (Å²) in [5.41, 5.74) is 2.39. The van der Waals surface area contributed by atoms with Crippen LogP contribution < -0.4 is 4.74 Å². The number of carbonyl (C=O) groups excluding carboxylic acids is 1. The molecule has 0 N–H and O–H groups in total. The third-order valence-electron chi connectivity index (χ3n) is 4.38. The number of hydrogen-bond acceptors (Lipinski definition) is 4. The van der Waals surface area contributed by atoms with Crippen LogP contribution in [0.15, 0.2) is 59.3 Å². The van der Waals surface area contributed by atoms with Crippen molar-refractivity contribution in [3.05, 3.63) is 70.6 Å². The van der Waals surface area contributed by atoms with E-state index in [4.69, 9.17) is 4.74 Å². The fourth-order valence-electron chi connectivity index (χ4n) is 2.91. The number of nitrogens with zero attached hydrogens (tertiary/aromatic N) is 4. The van der Waals surface area contributed by atoms with E-state index in [1.54, 1.807) is 22.0 Å². The molecule has 4 rings (SSSR count). The van der Waals surface area contributed by atoms with E-state index in [-0.39, 0.29) is 12.0 Å². The second-order valence-corrected chi connectivity index (χ2v) is 6.99. The molecule has 1 saturated heterocycles. The number of para-hydroxylation sites is 1. The quantitative estimate of drug-likeness (QED) is 0.659. The monoisotopic (exact) mass is 412 g/mol. The van der Waals surface area contributed by atoms with Crippen molar-refractivity contribution in [3.63, 3.8) is 0 Å². The smallest absolute Gasteiger partial charge is 0.257 e. The van der Waals surface area contributed by atoms with E-state index in [2.05, 4.69) is 26.0 Å². The minimum absolute atomic E-state index is 0.0235. The van der Waals surface area contributed by atoms with Crippen LogP contribution in [0.3, 0.4) is 0 Å². The van der Waals surface area contributed by atoms with Crippen molar-refractivity contribution in [2.24, 2.45) is 0 Å². The zero-order valence-electron chi connectivity index (χ0n) is 14.2. The first kappa shape index (κ1) is 16.8. The third-order valence-corrected chi connectivity index (χ3v) is 4.98. The Morgan fingerprint density at radius 1 is 1.19 bits per heavy atom. The highest BCUT2D eigenvalue weighted by atomic mass is 79.9. The molecule has 0 atom stereocenters. The molecule has 0 saturated carbocycles. The number of benzene rings is 1. The molecule has 7 heteroatoms. The van der Waals surface area contributed by atoms with Gasteiger partial charge in [-0.3, -0.25) is 4.79 Å². The zero-order valence-corrected chi connectivity index (χ0v) is 15.8. The minimum Gasteiger partial charge on any atom is -0.470 e. The van der Waals surface area contributed by atoms with Crippen molar-refractivity contribution in [2.45, 2.75) is 13.0 Å². The maximum absolute atomic E-state index is 12.7. The molecule has 0 spiro atoms. The van der Waals surface area contributed by atoms with E-state index in [0.29, 0.717) is 24.5 Å². The Bertz CT molecular complexity index is 936. The predicted molar refractivity (Wildman–Crippen MR) is 101 cm³/mol. The fraction of sp³-hybridized carbons (Fsp3) is 0.211. The van der Waals surface area contributed by atoms with Gasteiger partial charge < -0.3 is 9.64 Å². The number of pyridine rings is 1. The average molecular weight is 413 g/mol. The van der Waals surface area contributed by atoms with Crippen LogP contribution in [0.1, 0.15) is 16.1 Å². The lowest BCUT2D eigenvalue weighted by Gasteiger charge is -2.38. The summed E-state index contributed by atoms with van der Waals surface area (Å²) in [6.07, 6.45) is 3.27. The molecule has 26 heavy (non-hydrogen) atoms. The van der Waals surface area contributed by atoms with Crippen molar-refractivity contribution in [1.82, 2.24) is 19.7 Å². The number of halogens is 1. The van der Waals surface area contributed by atoms with Gasteiger partial charge in [-0.25, -0.2) is 9.67 Å². The van der Waals surface area contributed by atoms with E-state index in [1.807, 2.05) is 49.4 Å².